The first kappa shape index (κ1) is 16.4. The second-order valence-corrected chi connectivity index (χ2v) is 8.52. The summed E-state index contributed by atoms with van der Waals surface area (Å²) in [5.41, 5.74) is 3.68. The molecule has 1 aromatic rings. The van der Waals surface area contributed by atoms with E-state index < -0.39 is 10.8 Å². The molecular formula is C16H27N3OS. The van der Waals surface area contributed by atoms with Gasteiger partial charge in [0.05, 0.1) is 0 Å². The highest BCUT2D eigenvalue weighted by atomic mass is 32.2. The highest BCUT2D eigenvalue weighted by Gasteiger charge is 2.21. The molecule has 21 heavy (non-hydrogen) atoms. The molecule has 0 atom stereocenters. The van der Waals surface area contributed by atoms with Crippen molar-refractivity contribution in [2.45, 2.75) is 46.7 Å². The summed E-state index contributed by atoms with van der Waals surface area (Å²) < 4.78 is 11.6. The van der Waals surface area contributed by atoms with Gasteiger partial charge >= 0.3 is 0 Å². The largest absolute Gasteiger partial charge is 0.354 e. The van der Waals surface area contributed by atoms with E-state index in [4.69, 9.17) is 4.98 Å². The van der Waals surface area contributed by atoms with Gasteiger partial charge in [0.25, 0.3) is 0 Å². The van der Waals surface area contributed by atoms with Crippen LogP contribution in [0.3, 0.4) is 0 Å². The molecule has 4 nitrogen and oxygen atoms in total. The number of hydrogen-bond acceptors (Lipinski definition) is 4. The molecule has 2 heterocycles. The average Bonchev–Trinajstić information content (AvgIpc) is 2.36. The standard InChI is InChI=1S/C16H27N3OS/c1-12-10-13(2)18-15(14(12)11-17-16(3,4)5)19-6-8-21(20)9-7-19/h10,17H,6-9,11H2,1-5H3. The summed E-state index contributed by atoms with van der Waals surface area (Å²) in [5.74, 6) is 2.57. The highest BCUT2D eigenvalue weighted by Crippen LogP contribution is 2.24. The summed E-state index contributed by atoms with van der Waals surface area (Å²) in [6.45, 7) is 13.2. The van der Waals surface area contributed by atoms with Gasteiger partial charge in [-0.2, -0.15) is 0 Å². The van der Waals surface area contributed by atoms with Gasteiger partial charge in [0, 0.05) is 58.7 Å². The zero-order chi connectivity index (χ0) is 15.6. The molecule has 5 heteroatoms. The molecule has 0 radical (unpaired) electrons. The third-order valence-corrected chi connectivity index (χ3v) is 5.00. The molecule has 0 aliphatic carbocycles. The minimum absolute atomic E-state index is 0.0813. The Hall–Kier alpha value is -0.940. The Morgan fingerprint density at radius 1 is 1.29 bits per heavy atom. The van der Waals surface area contributed by atoms with Gasteiger partial charge in [-0.05, 0) is 46.2 Å². The molecule has 0 saturated carbocycles. The van der Waals surface area contributed by atoms with Crippen LogP contribution in [0.4, 0.5) is 5.82 Å². The Morgan fingerprint density at radius 3 is 2.48 bits per heavy atom. The second-order valence-electron chi connectivity index (χ2n) is 6.82. The highest BCUT2D eigenvalue weighted by molar-refractivity contribution is 7.85. The van der Waals surface area contributed by atoms with Crippen LogP contribution in [0.5, 0.6) is 0 Å². The van der Waals surface area contributed by atoms with E-state index in [-0.39, 0.29) is 5.54 Å². The third-order valence-electron chi connectivity index (χ3n) is 3.73. The molecule has 0 amide bonds. The number of hydrogen-bond donors (Lipinski definition) is 1. The van der Waals surface area contributed by atoms with E-state index in [1.807, 2.05) is 6.92 Å². The first-order valence-electron chi connectivity index (χ1n) is 7.58. The zero-order valence-electron chi connectivity index (χ0n) is 13.8. The molecule has 0 bridgehead atoms. The SMILES string of the molecule is Cc1cc(C)c(CNC(C)(C)C)c(N2CCS(=O)CC2)n1. The summed E-state index contributed by atoms with van der Waals surface area (Å²) in [4.78, 5) is 7.06. The molecule has 1 aliphatic heterocycles. The number of anilines is 1. The fourth-order valence-corrected chi connectivity index (χ4v) is 3.58. The zero-order valence-corrected chi connectivity index (χ0v) is 14.6. The van der Waals surface area contributed by atoms with E-state index in [1.54, 1.807) is 0 Å². The van der Waals surface area contributed by atoms with Crippen molar-refractivity contribution in [3.63, 3.8) is 0 Å². The number of aryl methyl sites for hydroxylation is 2. The van der Waals surface area contributed by atoms with Crippen molar-refractivity contribution in [2.75, 3.05) is 29.5 Å². The van der Waals surface area contributed by atoms with Gasteiger partial charge < -0.3 is 10.2 Å². The Labute approximate surface area is 130 Å². The summed E-state index contributed by atoms with van der Waals surface area (Å²) in [5, 5.41) is 3.56. The summed E-state index contributed by atoms with van der Waals surface area (Å²) in [6, 6.07) is 2.14. The van der Waals surface area contributed by atoms with Crippen LogP contribution < -0.4 is 10.2 Å². The molecule has 1 saturated heterocycles. The fraction of sp³-hybridized carbons (Fsp3) is 0.688. The molecule has 1 aliphatic rings. The van der Waals surface area contributed by atoms with Crippen molar-refractivity contribution in [3.05, 3.63) is 22.9 Å². The van der Waals surface area contributed by atoms with Crippen LogP contribution in [-0.4, -0.2) is 39.3 Å². The lowest BCUT2D eigenvalue weighted by Crippen LogP contribution is -2.40. The van der Waals surface area contributed by atoms with E-state index in [1.165, 1.54) is 11.1 Å². The molecule has 118 valence electrons. The monoisotopic (exact) mass is 309 g/mol. The van der Waals surface area contributed by atoms with Gasteiger partial charge in [0.1, 0.15) is 5.82 Å². The smallest absolute Gasteiger partial charge is 0.133 e. The van der Waals surface area contributed by atoms with Gasteiger partial charge in [0.2, 0.25) is 0 Å². The normalized spacial score (nSPS) is 17.3. The second kappa shape index (κ2) is 6.44. The summed E-state index contributed by atoms with van der Waals surface area (Å²) >= 11 is 0. The van der Waals surface area contributed by atoms with E-state index in [0.717, 1.165) is 42.7 Å². The molecule has 1 fully saturated rings. The van der Waals surface area contributed by atoms with Crippen LogP contribution in [0.2, 0.25) is 0 Å². The summed E-state index contributed by atoms with van der Waals surface area (Å²) in [7, 11) is -0.655. The van der Waals surface area contributed by atoms with Gasteiger partial charge in [-0.3, -0.25) is 4.21 Å². The maximum Gasteiger partial charge on any atom is 0.133 e. The lowest BCUT2D eigenvalue weighted by atomic mass is 10.1. The van der Waals surface area contributed by atoms with Crippen molar-refractivity contribution in [2.24, 2.45) is 0 Å². The van der Waals surface area contributed by atoms with Crippen LogP contribution in [0.15, 0.2) is 6.07 Å². The van der Waals surface area contributed by atoms with Crippen molar-refractivity contribution >= 4 is 16.6 Å². The van der Waals surface area contributed by atoms with Crippen molar-refractivity contribution < 1.29 is 4.21 Å². The van der Waals surface area contributed by atoms with Gasteiger partial charge in [-0.15, -0.1) is 0 Å². The lowest BCUT2D eigenvalue weighted by molar-refractivity contribution is 0.423. The van der Waals surface area contributed by atoms with Crippen molar-refractivity contribution in [3.8, 4) is 0 Å². The van der Waals surface area contributed by atoms with E-state index in [9.17, 15) is 4.21 Å². The van der Waals surface area contributed by atoms with E-state index in [0.29, 0.717) is 0 Å². The maximum atomic E-state index is 11.6. The number of nitrogens with zero attached hydrogens (tertiary/aromatic N) is 2. The Bertz CT molecular complexity index is 527. The molecule has 0 spiro atoms. The quantitative estimate of drug-likeness (QED) is 0.929. The fourth-order valence-electron chi connectivity index (χ4n) is 2.53. The van der Waals surface area contributed by atoms with E-state index >= 15 is 0 Å². The van der Waals surface area contributed by atoms with Crippen molar-refractivity contribution in [1.82, 2.24) is 10.3 Å². The Balaban J connectivity index is 2.27. The van der Waals surface area contributed by atoms with Gasteiger partial charge in [-0.25, -0.2) is 4.98 Å². The molecule has 1 N–H and O–H groups in total. The van der Waals surface area contributed by atoms with Crippen LogP contribution >= 0.6 is 0 Å². The topological polar surface area (TPSA) is 45.2 Å². The van der Waals surface area contributed by atoms with Gasteiger partial charge in [-0.1, -0.05) is 0 Å². The molecule has 1 aromatic heterocycles. The van der Waals surface area contributed by atoms with Crippen LogP contribution in [0.25, 0.3) is 0 Å². The van der Waals surface area contributed by atoms with Crippen molar-refractivity contribution in [1.29, 1.82) is 0 Å². The molecule has 2 rings (SSSR count). The first-order chi connectivity index (χ1) is 9.76. The number of pyridine rings is 1. The lowest BCUT2D eigenvalue weighted by Gasteiger charge is -2.31. The number of aromatic nitrogens is 1. The predicted octanol–water partition coefficient (Wildman–Crippen LogP) is 2.16. The first-order valence-corrected chi connectivity index (χ1v) is 9.07. The van der Waals surface area contributed by atoms with Crippen LogP contribution in [0, 0.1) is 13.8 Å². The minimum Gasteiger partial charge on any atom is -0.354 e. The van der Waals surface area contributed by atoms with E-state index in [2.05, 4.69) is 44.0 Å². The maximum absolute atomic E-state index is 11.6. The Kier molecular flexibility index (Phi) is 5.04. The van der Waals surface area contributed by atoms with Crippen LogP contribution in [0.1, 0.15) is 37.6 Å². The minimum atomic E-state index is -0.655. The predicted molar refractivity (Wildman–Crippen MR) is 90.4 cm³/mol. The molecular weight excluding hydrogens is 282 g/mol. The Morgan fingerprint density at radius 2 is 1.90 bits per heavy atom. The molecule has 0 aromatic carbocycles. The van der Waals surface area contributed by atoms with Gasteiger partial charge in [0.15, 0.2) is 0 Å². The third kappa shape index (κ3) is 4.51. The summed E-state index contributed by atoms with van der Waals surface area (Å²) in [6.07, 6.45) is 0. The number of rotatable bonds is 3. The van der Waals surface area contributed by atoms with Crippen LogP contribution in [-0.2, 0) is 17.3 Å². The average molecular weight is 309 g/mol. The molecule has 0 unspecified atom stereocenters. The number of nitrogens with one attached hydrogen (secondary N) is 1.